The molecule has 2 heterocycles. The van der Waals surface area contributed by atoms with Gasteiger partial charge in [-0.25, -0.2) is 0 Å². The van der Waals surface area contributed by atoms with E-state index in [2.05, 4.69) is 22.9 Å². The van der Waals surface area contributed by atoms with E-state index in [1.54, 1.807) is 0 Å². The molecule has 1 fully saturated rings. The second-order valence-corrected chi connectivity index (χ2v) is 5.58. The van der Waals surface area contributed by atoms with Crippen molar-refractivity contribution >= 4 is 5.97 Å². The van der Waals surface area contributed by atoms with E-state index in [0.717, 1.165) is 44.3 Å². The molecule has 1 aromatic rings. The van der Waals surface area contributed by atoms with Crippen LogP contribution < -0.4 is 0 Å². The van der Waals surface area contributed by atoms with Crippen LogP contribution in [0, 0.1) is 5.92 Å². The topological polar surface area (TPSA) is 53.4 Å². The maximum atomic E-state index is 11.2. The van der Waals surface area contributed by atoms with Crippen LogP contribution in [0.4, 0.5) is 0 Å². The average molecular weight is 276 g/mol. The van der Waals surface area contributed by atoms with Crippen LogP contribution in [-0.2, 0) is 4.79 Å². The molecular formula is C16H24N2O2. The molecule has 1 aromatic heterocycles. The highest BCUT2D eigenvalue weighted by atomic mass is 16.4. The minimum Gasteiger partial charge on any atom is -0.481 e. The van der Waals surface area contributed by atoms with Crippen molar-refractivity contribution in [3.05, 3.63) is 30.1 Å². The lowest BCUT2D eigenvalue weighted by atomic mass is 9.94. The first-order valence-corrected chi connectivity index (χ1v) is 7.60. The molecule has 0 amide bonds. The molecule has 2 atom stereocenters. The number of rotatable bonds is 6. The lowest BCUT2D eigenvalue weighted by molar-refractivity contribution is -0.144. The monoisotopic (exact) mass is 276 g/mol. The molecule has 0 saturated carbocycles. The predicted octanol–water partition coefficient (Wildman–Crippen LogP) is 3.11. The molecular weight excluding hydrogens is 252 g/mol. The fraction of sp³-hybridized carbons (Fsp3) is 0.625. The first-order valence-electron chi connectivity index (χ1n) is 7.60. The Morgan fingerprint density at radius 1 is 1.55 bits per heavy atom. The Balaban J connectivity index is 2.11. The summed E-state index contributed by atoms with van der Waals surface area (Å²) in [6, 6.07) is 6.26. The van der Waals surface area contributed by atoms with E-state index in [4.69, 9.17) is 0 Å². The van der Waals surface area contributed by atoms with Crippen LogP contribution in [0.5, 0.6) is 0 Å². The van der Waals surface area contributed by atoms with Gasteiger partial charge in [-0.1, -0.05) is 25.8 Å². The van der Waals surface area contributed by atoms with Crippen LogP contribution in [0.2, 0.25) is 0 Å². The van der Waals surface area contributed by atoms with Crippen molar-refractivity contribution in [2.45, 2.75) is 45.1 Å². The summed E-state index contributed by atoms with van der Waals surface area (Å²) >= 11 is 0. The number of carboxylic acids is 1. The Kier molecular flexibility index (Phi) is 5.53. The third-order valence-electron chi connectivity index (χ3n) is 4.10. The lowest BCUT2D eigenvalue weighted by Crippen LogP contribution is -2.41. The molecule has 1 N–H and O–H groups in total. The highest BCUT2D eigenvalue weighted by Crippen LogP contribution is 2.29. The molecule has 1 aliphatic rings. The molecule has 1 saturated heterocycles. The van der Waals surface area contributed by atoms with Crippen LogP contribution in [0.25, 0.3) is 0 Å². The number of likely N-dealkylation sites (tertiary alicyclic amines) is 1. The van der Waals surface area contributed by atoms with Gasteiger partial charge >= 0.3 is 5.97 Å². The molecule has 4 heteroatoms. The van der Waals surface area contributed by atoms with E-state index in [0.29, 0.717) is 6.54 Å². The second-order valence-electron chi connectivity index (χ2n) is 5.58. The highest BCUT2D eigenvalue weighted by molar-refractivity contribution is 5.70. The van der Waals surface area contributed by atoms with Crippen molar-refractivity contribution in [1.29, 1.82) is 0 Å². The van der Waals surface area contributed by atoms with Gasteiger partial charge in [0.1, 0.15) is 0 Å². The van der Waals surface area contributed by atoms with Crippen molar-refractivity contribution < 1.29 is 9.90 Å². The van der Waals surface area contributed by atoms with Gasteiger partial charge in [0, 0.05) is 12.7 Å². The van der Waals surface area contributed by atoms with Crippen molar-refractivity contribution in [2.24, 2.45) is 5.92 Å². The van der Waals surface area contributed by atoms with E-state index in [1.807, 2.05) is 18.3 Å². The third kappa shape index (κ3) is 3.79. The van der Waals surface area contributed by atoms with Crippen LogP contribution in [-0.4, -0.2) is 34.0 Å². The summed E-state index contributed by atoms with van der Waals surface area (Å²) in [6.07, 6.45) is 6.95. The summed E-state index contributed by atoms with van der Waals surface area (Å²) in [5.41, 5.74) is 1.08. The number of unbranched alkanes of at least 4 members (excludes halogenated alkanes) is 1. The summed E-state index contributed by atoms with van der Waals surface area (Å²) in [6.45, 7) is 3.82. The van der Waals surface area contributed by atoms with Gasteiger partial charge in [-0.15, -0.1) is 0 Å². The molecule has 0 spiro atoms. The first-order chi connectivity index (χ1) is 9.72. The standard InChI is InChI=1S/C16H24N2O2/c1-2-3-9-15(14-8-4-5-10-17-14)18-11-6-7-13(12-18)16(19)20/h4-5,8,10,13,15H,2-3,6-7,9,11-12H2,1H3,(H,19,20). The molecule has 0 radical (unpaired) electrons. The minimum atomic E-state index is -0.662. The summed E-state index contributed by atoms with van der Waals surface area (Å²) in [5.74, 6) is -0.887. The Morgan fingerprint density at radius 3 is 3.05 bits per heavy atom. The predicted molar refractivity (Wildman–Crippen MR) is 78.4 cm³/mol. The van der Waals surface area contributed by atoms with Crippen LogP contribution in [0.1, 0.15) is 50.8 Å². The average Bonchev–Trinajstić information content (AvgIpc) is 2.49. The highest BCUT2D eigenvalue weighted by Gasteiger charge is 2.30. The Hall–Kier alpha value is -1.42. The fourth-order valence-corrected chi connectivity index (χ4v) is 2.98. The van der Waals surface area contributed by atoms with Gasteiger partial charge in [0.15, 0.2) is 0 Å². The van der Waals surface area contributed by atoms with E-state index in [-0.39, 0.29) is 12.0 Å². The van der Waals surface area contributed by atoms with E-state index in [9.17, 15) is 9.90 Å². The molecule has 110 valence electrons. The molecule has 2 unspecified atom stereocenters. The van der Waals surface area contributed by atoms with Gasteiger partial charge in [0.2, 0.25) is 0 Å². The number of hydrogen-bond donors (Lipinski definition) is 1. The van der Waals surface area contributed by atoms with E-state index < -0.39 is 5.97 Å². The Labute approximate surface area is 120 Å². The number of pyridine rings is 1. The molecule has 20 heavy (non-hydrogen) atoms. The maximum Gasteiger partial charge on any atom is 0.307 e. The summed E-state index contributed by atoms with van der Waals surface area (Å²) in [7, 11) is 0. The number of hydrogen-bond acceptors (Lipinski definition) is 3. The Morgan fingerprint density at radius 2 is 2.40 bits per heavy atom. The number of aliphatic carboxylic acids is 1. The molecule has 4 nitrogen and oxygen atoms in total. The Bertz CT molecular complexity index is 422. The van der Waals surface area contributed by atoms with Crippen LogP contribution in [0.15, 0.2) is 24.4 Å². The van der Waals surface area contributed by atoms with Crippen LogP contribution in [0.3, 0.4) is 0 Å². The van der Waals surface area contributed by atoms with Gasteiger partial charge in [-0.2, -0.15) is 0 Å². The fourth-order valence-electron chi connectivity index (χ4n) is 2.98. The van der Waals surface area contributed by atoms with Gasteiger partial charge in [-0.3, -0.25) is 14.7 Å². The zero-order chi connectivity index (χ0) is 14.4. The lowest BCUT2D eigenvalue weighted by Gasteiger charge is -2.36. The number of carbonyl (C=O) groups is 1. The molecule has 0 bridgehead atoms. The molecule has 2 rings (SSSR count). The van der Waals surface area contributed by atoms with Gasteiger partial charge < -0.3 is 5.11 Å². The zero-order valence-electron chi connectivity index (χ0n) is 12.2. The molecule has 1 aliphatic heterocycles. The van der Waals surface area contributed by atoms with Gasteiger partial charge in [0.05, 0.1) is 17.7 Å². The summed E-state index contributed by atoms with van der Waals surface area (Å²) in [5, 5.41) is 9.24. The third-order valence-corrected chi connectivity index (χ3v) is 4.10. The minimum absolute atomic E-state index is 0.225. The zero-order valence-corrected chi connectivity index (χ0v) is 12.2. The van der Waals surface area contributed by atoms with E-state index >= 15 is 0 Å². The van der Waals surface area contributed by atoms with E-state index in [1.165, 1.54) is 0 Å². The number of piperidine rings is 1. The van der Waals surface area contributed by atoms with Crippen molar-refractivity contribution in [3.63, 3.8) is 0 Å². The smallest absolute Gasteiger partial charge is 0.307 e. The number of aromatic nitrogens is 1. The molecule has 0 aromatic carbocycles. The normalized spacial score (nSPS) is 21.6. The SMILES string of the molecule is CCCCC(c1ccccn1)N1CCCC(C(=O)O)C1. The first kappa shape index (κ1) is 15.0. The van der Waals surface area contributed by atoms with Gasteiger partial charge in [-0.05, 0) is 37.9 Å². The molecule has 0 aliphatic carbocycles. The van der Waals surface area contributed by atoms with Crippen molar-refractivity contribution in [3.8, 4) is 0 Å². The van der Waals surface area contributed by atoms with Crippen LogP contribution >= 0.6 is 0 Å². The second kappa shape index (κ2) is 7.39. The van der Waals surface area contributed by atoms with Crippen molar-refractivity contribution in [2.75, 3.05) is 13.1 Å². The summed E-state index contributed by atoms with van der Waals surface area (Å²) in [4.78, 5) is 18.0. The number of nitrogens with zero attached hydrogens (tertiary/aromatic N) is 2. The van der Waals surface area contributed by atoms with Crippen molar-refractivity contribution in [1.82, 2.24) is 9.88 Å². The summed E-state index contributed by atoms with van der Waals surface area (Å²) < 4.78 is 0. The largest absolute Gasteiger partial charge is 0.481 e. The quantitative estimate of drug-likeness (QED) is 0.867. The van der Waals surface area contributed by atoms with Gasteiger partial charge in [0.25, 0.3) is 0 Å². The maximum absolute atomic E-state index is 11.2. The number of carboxylic acid groups (broad SMARTS) is 1.